The van der Waals surface area contributed by atoms with E-state index in [1.807, 2.05) is 0 Å². The molecule has 2 N–H and O–H groups in total. The summed E-state index contributed by atoms with van der Waals surface area (Å²) in [5.74, 6) is 0.147. The van der Waals surface area contributed by atoms with Crippen molar-refractivity contribution >= 4 is 0 Å². The lowest BCUT2D eigenvalue weighted by atomic mass is 10.3. The van der Waals surface area contributed by atoms with Gasteiger partial charge in [0, 0.05) is 6.07 Å². The number of nitrogens with two attached hydrogens (primary N) is 1. The van der Waals surface area contributed by atoms with E-state index >= 15 is 0 Å². The van der Waals surface area contributed by atoms with Gasteiger partial charge >= 0.3 is 0 Å². The summed E-state index contributed by atoms with van der Waals surface area (Å²) in [5.41, 5.74) is 5.07. The normalized spacial score (nSPS) is 9.40. The molecular formula is C7H8FNO. The fraction of sp³-hybridized carbons (Fsp3) is 0.143. The molecule has 0 aromatic heterocycles. The SMILES string of the molecule is NCOc1cccc(F)c1. The van der Waals surface area contributed by atoms with Crippen molar-refractivity contribution in [1.82, 2.24) is 0 Å². The summed E-state index contributed by atoms with van der Waals surface area (Å²) >= 11 is 0. The van der Waals surface area contributed by atoms with E-state index in [1.165, 1.54) is 12.1 Å². The van der Waals surface area contributed by atoms with Crippen LogP contribution in [0.2, 0.25) is 0 Å². The van der Waals surface area contributed by atoms with Crippen molar-refractivity contribution in [2.45, 2.75) is 0 Å². The van der Waals surface area contributed by atoms with Gasteiger partial charge in [0.1, 0.15) is 18.3 Å². The highest BCUT2D eigenvalue weighted by molar-refractivity contribution is 5.22. The van der Waals surface area contributed by atoms with Crippen molar-refractivity contribution < 1.29 is 9.13 Å². The minimum atomic E-state index is -0.314. The third-order valence-electron chi connectivity index (χ3n) is 1.05. The summed E-state index contributed by atoms with van der Waals surface area (Å²) in [4.78, 5) is 0. The molecule has 0 aliphatic heterocycles. The Morgan fingerprint density at radius 1 is 1.50 bits per heavy atom. The summed E-state index contributed by atoms with van der Waals surface area (Å²) in [6, 6.07) is 5.85. The zero-order valence-electron chi connectivity index (χ0n) is 5.38. The first-order valence-corrected chi connectivity index (χ1v) is 2.91. The Balaban J connectivity index is 2.75. The molecule has 1 aromatic rings. The number of hydrogen-bond acceptors (Lipinski definition) is 2. The predicted octanol–water partition coefficient (Wildman–Crippen LogP) is 1.12. The van der Waals surface area contributed by atoms with Gasteiger partial charge in [-0.2, -0.15) is 0 Å². The van der Waals surface area contributed by atoms with E-state index in [1.54, 1.807) is 12.1 Å². The number of hydrogen-bond donors (Lipinski definition) is 1. The fourth-order valence-corrected chi connectivity index (χ4v) is 0.653. The van der Waals surface area contributed by atoms with Crippen molar-refractivity contribution in [3.63, 3.8) is 0 Å². The van der Waals surface area contributed by atoms with E-state index in [4.69, 9.17) is 10.5 Å². The number of benzene rings is 1. The Kier molecular flexibility index (Phi) is 2.23. The van der Waals surface area contributed by atoms with Gasteiger partial charge in [0.25, 0.3) is 0 Å². The maximum Gasteiger partial charge on any atom is 0.137 e. The lowest BCUT2D eigenvalue weighted by Gasteiger charge is -2.00. The molecule has 0 aliphatic rings. The zero-order valence-corrected chi connectivity index (χ0v) is 5.38. The molecular weight excluding hydrogens is 133 g/mol. The average Bonchev–Trinajstić information content (AvgIpc) is 1.88. The molecule has 3 heteroatoms. The molecule has 0 atom stereocenters. The lowest BCUT2D eigenvalue weighted by molar-refractivity contribution is 0.328. The molecule has 1 aromatic carbocycles. The first kappa shape index (κ1) is 7.02. The Morgan fingerprint density at radius 2 is 2.30 bits per heavy atom. The van der Waals surface area contributed by atoms with E-state index in [0.29, 0.717) is 5.75 Å². The highest BCUT2D eigenvalue weighted by Crippen LogP contribution is 2.10. The van der Waals surface area contributed by atoms with Crippen LogP contribution in [0.1, 0.15) is 0 Å². The van der Waals surface area contributed by atoms with Crippen LogP contribution >= 0.6 is 0 Å². The van der Waals surface area contributed by atoms with Gasteiger partial charge in [-0.3, -0.25) is 5.73 Å². The standard InChI is InChI=1S/C7H8FNO/c8-6-2-1-3-7(4-6)10-5-9/h1-4H,5,9H2. The second kappa shape index (κ2) is 3.17. The molecule has 0 heterocycles. The lowest BCUT2D eigenvalue weighted by Crippen LogP contribution is -2.07. The maximum atomic E-state index is 12.4. The molecule has 1 rings (SSSR count). The number of rotatable bonds is 2. The van der Waals surface area contributed by atoms with Gasteiger partial charge in [0.15, 0.2) is 0 Å². The predicted molar refractivity (Wildman–Crippen MR) is 36.1 cm³/mol. The van der Waals surface area contributed by atoms with Crippen molar-refractivity contribution in [2.75, 3.05) is 6.73 Å². The summed E-state index contributed by atoms with van der Waals surface area (Å²) in [7, 11) is 0. The minimum absolute atomic E-state index is 0.0729. The Morgan fingerprint density at radius 3 is 2.90 bits per heavy atom. The van der Waals surface area contributed by atoms with Crippen LogP contribution in [0.15, 0.2) is 24.3 Å². The molecule has 0 fully saturated rings. The Labute approximate surface area is 58.4 Å². The molecule has 0 saturated carbocycles. The van der Waals surface area contributed by atoms with E-state index in [0.717, 1.165) is 0 Å². The van der Waals surface area contributed by atoms with E-state index < -0.39 is 0 Å². The van der Waals surface area contributed by atoms with Crippen LogP contribution in [0.25, 0.3) is 0 Å². The van der Waals surface area contributed by atoms with Gasteiger partial charge in [-0.1, -0.05) is 6.07 Å². The van der Waals surface area contributed by atoms with Gasteiger partial charge in [0.2, 0.25) is 0 Å². The van der Waals surface area contributed by atoms with Crippen molar-refractivity contribution in [1.29, 1.82) is 0 Å². The summed E-state index contributed by atoms with van der Waals surface area (Å²) in [6.45, 7) is 0.0729. The molecule has 0 unspecified atom stereocenters. The fourth-order valence-electron chi connectivity index (χ4n) is 0.653. The average molecular weight is 141 g/mol. The largest absolute Gasteiger partial charge is 0.478 e. The quantitative estimate of drug-likeness (QED) is 0.626. The van der Waals surface area contributed by atoms with Crippen molar-refractivity contribution in [2.24, 2.45) is 5.73 Å². The Hall–Kier alpha value is -1.09. The topological polar surface area (TPSA) is 35.2 Å². The minimum Gasteiger partial charge on any atom is -0.478 e. The van der Waals surface area contributed by atoms with Crippen LogP contribution < -0.4 is 10.5 Å². The molecule has 54 valence electrons. The van der Waals surface area contributed by atoms with Gasteiger partial charge in [0.05, 0.1) is 0 Å². The van der Waals surface area contributed by atoms with Gasteiger partial charge in [-0.25, -0.2) is 4.39 Å². The summed E-state index contributed by atoms with van der Waals surface area (Å²) in [6.07, 6.45) is 0. The highest BCUT2D eigenvalue weighted by Gasteiger charge is 1.92. The third kappa shape index (κ3) is 1.70. The number of halogens is 1. The molecule has 2 nitrogen and oxygen atoms in total. The highest BCUT2D eigenvalue weighted by atomic mass is 19.1. The Bertz CT molecular complexity index is 215. The van der Waals surface area contributed by atoms with Crippen LogP contribution in [0.3, 0.4) is 0 Å². The monoisotopic (exact) mass is 141 g/mol. The second-order valence-electron chi connectivity index (χ2n) is 1.77. The summed E-state index contributed by atoms with van der Waals surface area (Å²) < 4.78 is 17.2. The van der Waals surface area contributed by atoms with Crippen LogP contribution in [-0.4, -0.2) is 6.73 Å². The molecule has 0 aliphatic carbocycles. The first-order chi connectivity index (χ1) is 4.83. The van der Waals surface area contributed by atoms with Crippen LogP contribution in [0.4, 0.5) is 4.39 Å². The van der Waals surface area contributed by atoms with Crippen molar-refractivity contribution in [3.05, 3.63) is 30.1 Å². The third-order valence-corrected chi connectivity index (χ3v) is 1.05. The van der Waals surface area contributed by atoms with E-state index in [-0.39, 0.29) is 12.5 Å². The molecule has 0 spiro atoms. The second-order valence-corrected chi connectivity index (χ2v) is 1.77. The first-order valence-electron chi connectivity index (χ1n) is 2.91. The van der Waals surface area contributed by atoms with Crippen LogP contribution in [0.5, 0.6) is 5.75 Å². The zero-order chi connectivity index (χ0) is 7.40. The van der Waals surface area contributed by atoms with E-state index in [2.05, 4.69) is 0 Å². The van der Waals surface area contributed by atoms with Crippen molar-refractivity contribution in [3.8, 4) is 5.75 Å². The van der Waals surface area contributed by atoms with Gasteiger partial charge in [-0.05, 0) is 12.1 Å². The van der Waals surface area contributed by atoms with E-state index in [9.17, 15) is 4.39 Å². The molecule has 10 heavy (non-hydrogen) atoms. The molecule has 0 radical (unpaired) electrons. The maximum absolute atomic E-state index is 12.4. The number of ether oxygens (including phenoxy) is 1. The van der Waals surface area contributed by atoms with Crippen LogP contribution in [-0.2, 0) is 0 Å². The van der Waals surface area contributed by atoms with Gasteiger partial charge < -0.3 is 4.74 Å². The van der Waals surface area contributed by atoms with Crippen LogP contribution in [0, 0.1) is 5.82 Å². The summed E-state index contributed by atoms with van der Waals surface area (Å²) in [5, 5.41) is 0. The molecule has 0 saturated heterocycles. The smallest absolute Gasteiger partial charge is 0.137 e. The molecule has 0 amide bonds. The molecule has 0 bridgehead atoms. The van der Waals surface area contributed by atoms with Gasteiger partial charge in [-0.15, -0.1) is 0 Å².